The number of rotatable bonds is 3. The molecule has 94 valence electrons. The van der Waals surface area contributed by atoms with E-state index in [2.05, 4.69) is 49.9 Å². The van der Waals surface area contributed by atoms with Crippen molar-refractivity contribution in [3.8, 4) is 10.6 Å². The van der Waals surface area contributed by atoms with E-state index in [1.807, 2.05) is 12.1 Å². The van der Waals surface area contributed by atoms with Crippen molar-refractivity contribution < 1.29 is 0 Å². The summed E-state index contributed by atoms with van der Waals surface area (Å²) >= 11 is 1.73. The predicted octanol–water partition coefficient (Wildman–Crippen LogP) is 5.17. The van der Waals surface area contributed by atoms with E-state index in [1.165, 1.54) is 21.4 Å². The van der Waals surface area contributed by atoms with Crippen LogP contribution in [0.5, 0.6) is 0 Å². The van der Waals surface area contributed by atoms with E-state index in [1.54, 1.807) is 11.3 Å². The number of fused-ring (bicyclic) bond motifs is 1. The summed E-state index contributed by atoms with van der Waals surface area (Å²) in [6, 6.07) is 14.8. The lowest BCUT2D eigenvalue weighted by Gasteiger charge is -2.05. The number of aryl methyl sites for hydroxylation is 1. The van der Waals surface area contributed by atoms with E-state index >= 15 is 0 Å². The molecule has 0 spiro atoms. The maximum absolute atomic E-state index is 4.72. The maximum Gasteiger partial charge on any atom is 0.125 e. The number of aromatic nitrogens is 1. The molecule has 3 rings (SSSR count). The van der Waals surface area contributed by atoms with Gasteiger partial charge in [0.05, 0.1) is 10.2 Å². The summed E-state index contributed by atoms with van der Waals surface area (Å²) in [7, 11) is 0. The summed E-state index contributed by atoms with van der Waals surface area (Å²) in [5.41, 5.74) is 4.74. The average Bonchev–Trinajstić information content (AvgIpc) is 2.90. The molecule has 0 atom stereocenters. The van der Waals surface area contributed by atoms with Gasteiger partial charge in [-0.15, -0.1) is 11.3 Å². The average molecular weight is 265 g/mol. The van der Waals surface area contributed by atoms with Crippen molar-refractivity contribution in [2.75, 3.05) is 0 Å². The molecule has 1 heterocycles. The summed E-state index contributed by atoms with van der Waals surface area (Å²) in [5.74, 6) is 0. The highest BCUT2D eigenvalue weighted by molar-refractivity contribution is 7.21. The van der Waals surface area contributed by atoms with E-state index in [0.717, 1.165) is 16.9 Å². The van der Waals surface area contributed by atoms with Gasteiger partial charge in [-0.25, -0.2) is 4.98 Å². The van der Waals surface area contributed by atoms with Gasteiger partial charge in [-0.1, -0.05) is 49.9 Å². The van der Waals surface area contributed by atoms with Crippen molar-refractivity contribution in [3.63, 3.8) is 0 Å². The van der Waals surface area contributed by atoms with Crippen LogP contribution in [0, 0.1) is 0 Å². The first-order valence-electron chi connectivity index (χ1n) is 6.43. The van der Waals surface area contributed by atoms with Crippen LogP contribution in [0.3, 0.4) is 0 Å². The minimum absolute atomic E-state index is 1.04. The first-order valence-corrected chi connectivity index (χ1v) is 7.24. The normalized spacial score (nSPS) is 10.8. The van der Waals surface area contributed by atoms with Gasteiger partial charge in [0.15, 0.2) is 0 Å². The monoisotopic (exact) mass is 265 g/mol. The smallest absolute Gasteiger partial charge is 0.125 e. The first kappa shape index (κ1) is 12.1. The molecule has 3 aromatic rings. The van der Waals surface area contributed by atoms with Crippen LogP contribution >= 0.6 is 11.3 Å². The van der Waals surface area contributed by atoms with Gasteiger partial charge < -0.3 is 0 Å². The summed E-state index contributed by atoms with van der Waals surface area (Å²) in [5, 5.41) is 1.07. The Morgan fingerprint density at radius 1 is 1.21 bits per heavy atom. The van der Waals surface area contributed by atoms with Gasteiger partial charge in [0.2, 0.25) is 0 Å². The van der Waals surface area contributed by atoms with E-state index < -0.39 is 0 Å². The van der Waals surface area contributed by atoms with Crippen molar-refractivity contribution in [3.05, 3.63) is 60.2 Å². The van der Waals surface area contributed by atoms with Gasteiger partial charge in [0, 0.05) is 5.56 Å². The van der Waals surface area contributed by atoms with Crippen LogP contribution in [0.1, 0.15) is 18.1 Å². The van der Waals surface area contributed by atoms with Gasteiger partial charge >= 0.3 is 0 Å². The number of nitrogens with zero attached hydrogens (tertiary/aromatic N) is 1. The van der Waals surface area contributed by atoms with Crippen LogP contribution in [0.4, 0.5) is 0 Å². The Hall–Kier alpha value is -1.93. The molecule has 19 heavy (non-hydrogen) atoms. The van der Waals surface area contributed by atoms with E-state index in [4.69, 9.17) is 4.98 Å². The van der Waals surface area contributed by atoms with Crippen molar-refractivity contribution >= 4 is 27.6 Å². The zero-order chi connectivity index (χ0) is 13.2. The minimum atomic E-state index is 1.04. The highest BCUT2D eigenvalue weighted by atomic mass is 32.1. The van der Waals surface area contributed by atoms with Crippen LogP contribution in [0.2, 0.25) is 0 Å². The third-order valence-corrected chi connectivity index (χ3v) is 4.34. The lowest BCUT2D eigenvalue weighted by Crippen LogP contribution is -1.86. The summed E-state index contributed by atoms with van der Waals surface area (Å²) < 4.78 is 1.23. The highest BCUT2D eigenvalue weighted by Crippen LogP contribution is 2.33. The molecule has 0 radical (unpaired) electrons. The molecule has 0 aliphatic carbocycles. The molecular weight excluding hydrogens is 250 g/mol. The van der Waals surface area contributed by atoms with Crippen LogP contribution in [0.15, 0.2) is 49.0 Å². The molecule has 0 amide bonds. The molecule has 1 nitrogen and oxygen atoms in total. The number of hydrogen-bond acceptors (Lipinski definition) is 2. The van der Waals surface area contributed by atoms with Crippen molar-refractivity contribution in [1.82, 2.24) is 4.98 Å². The summed E-state index contributed by atoms with van der Waals surface area (Å²) in [6.07, 6.45) is 2.96. The molecule has 1 aromatic heterocycles. The molecule has 0 saturated carbocycles. The lowest BCUT2D eigenvalue weighted by atomic mass is 10.0. The second-order valence-electron chi connectivity index (χ2n) is 4.47. The number of para-hydroxylation sites is 1. The van der Waals surface area contributed by atoms with Crippen LogP contribution in [-0.4, -0.2) is 4.98 Å². The second-order valence-corrected chi connectivity index (χ2v) is 5.50. The number of thiazole rings is 1. The largest absolute Gasteiger partial charge is 0.236 e. The van der Waals surface area contributed by atoms with Crippen molar-refractivity contribution in [2.45, 2.75) is 13.3 Å². The number of benzene rings is 2. The number of hydrogen-bond donors (Lipinski definition) is 0. The van der Waals surface area contributed by atoms with Crippen LogP contribution in [-0.2, 0) is 6.42 Å². The van der Waals surface area contributed by atoms with Crippen LogP contribution in [0.25, 0.3) is 26.9 Å². The van der Waals surface area contributed by atoms with Gasteiger partial charge in [-0.2, -0.15) is 0 Å². The standard InChI is InChI=1S/C17H15NS/c1-3-12-9-10-14(13(4-2)11-12)17-18-15-7-5-6-8-16(15)19-17/h4-11H,2-3H2,1H3. The zero-order valence-electron chi connectivity index (χ0n) is 10.9. The topological polar surface area (TPSA) is 12.9 Å². The fourth-order valence-electron chi connectivity index (χ4n) is 2.18. The van der Waals surface area contributed by atoms with Crippen LogP contribution < -0.4 is 0 Å². The maximum atomic E-state index is 4.72. The van der Waals surface area contributed by atoms with E-state index in [0.29, 0.717) is 0 Å². The van der Waals surface area contributed by atoms with Crippen molar-refractivity contribution in [2.24, 2.45) is 0 Å². The highest BCUT2D eigenvalue weighted by Gasteiger charge is 2.09. The van der Waals surface area contributed by atoms with Gasteiger partial charge in [0.1, 0.15) is 5.01 Å². The third-order valence-electron chi connectivity index (χ3n) is 3.27. The van der Waals surface area contributed by atoms with Gasteiger partial charge in [-0.3, -0.25) is 0 Å². The Morgan fingerprint density at radius 2 is 2.05 bits per heavy atom. The SMILES string of the molecule is C=Cc1cc(CC)ccc1-c1nc2ccccc2s1. The molecule has 0 aliphatic heterocycles. The lowest BCUT2D eigenvalue weighted by molar-refractivity contribution is 1.14. The fraction of sp³-hybridized carbons (Fsp3) is 0.118. The molecule has 0 saturated heterocycles. The van der Waals surface area contributed by atoms with Gasteiger partial charge in [0.25, 0.3) is 0 Å². The first-order chi connectivity index (χ1) is 9.31. The zero-order valence-corrected chi connectivity index (χ0v) is 11.7. The summed E-state index contributed by atoms with van der Waals surface area (Å²) in [4.78, 5) is 4.72. The van der Waals surface area contributed by atoms with E-state index in [9.17, 15) is 0 Å². The third kappa shape index (κ3) is 2.20. The Morgan fingerprint density at radius 3 is 2.79 bits per heavy atom. The van der Waals surface area contributed by atoms with E-state index in [-0.39, 0.29) is 0 Å². The molecule has 0 aliphatic rings. The second kappa shape index (κ2) is 4.98. The molecule has 2 aromatic carbocycles. The molecule has 2 heteroatoms. The molecule has 0 fully saturated rings. The Labute approximate surface area is 117 Å². The van der Waals surface area contributed by atoms with Crippen molar-refractivity contribution in [1.29, 1.82) is 0 Å². The fourth-order valence-corrected chi connectivity index (χ4v) is 3.20. The molecule has 0 N–H and O–H groups in total. The molecule has 0 unspecified atom stereocenters. The molecular formula is C17H15NS. The quantitative estimate of drug-likeness (QED) is 0.636. The predicted molar refractivity (Wildman–Crippen MR) is 84.5 cm³/mol. The summed E-state index contributed by atoms with van der Waals surface area (Å²) in [6.45, 7) is 6.09. The Balaban J connectivity index is 2.17. The van der Waals surface area contributed by atoms with Gasteiger partial charge in [-0.05, 0) is 29.7 Å². The molecule has 0 bridgehead atoms. The Bertz CT molecular complexity index is 707. The Kier molecular flexibility index (Phi) is 3.18. The minimum Gasteiger partial charge on any atom is -0.236 e.